The van der Waals surface area contributed by atoms with Crippen molar-refractivity contribution in [3.8, 4) is 78.5 Å². The van der Waals surface area contributed by atoms with Gasteiger partial charge in [0.05, 0.1) is 27.8 Å². The largest absolute Gasteiger partial charge is 0.456 e. The minimum Gasteiger partial charge on any atom is -0.456 e. The highest BCUT2D eigenvalue weighted by Crippen LogP contribution is 2.56. The van der Waals surface area contributed by atoms with Crippen LogP contribution >= 0.6 is 0 Å². The fourth-order valence-electron chi connectivity index (χ4n) is 14.1. The van der Waals surface area contributed by atoms with Crippen LogP contribution in [0.2, 0.25) is 0 Å². The van der Waals surface area contributed by atoms with Gasteiger partial charge in [0.2, 0.25) is 0 Å². The summed E-state index contributed by atoms with van der Waals surface area (Å²) in [5.74, 6) is 1.70. The van der Waals surface area contributed by atoms with Gasteiger partial charge in [0.15, 0.2) is 0 Å². The van der Waals surface area contributed by atoms with Crippen molar-refractivity contribution in [2.75, 3.05) is 0 Å². The summed E-state index contributed by atoms with van der Waals surface area (Å²) in [6.07, 6.45) is 2.05. The number of para-hydroxylation sites is 2. The van der Waals surface area contributed by atoms with Gasteiger partial charge in [-0.25, -0.2) is 9.97 Å². The van der Waals surface area contributed by atoms with Crippen molar-refractivity contribution < 1.29 is 8.83 Å². The van der Waals surface area contributed by atoms with Crippen molar-refractivity contribution in [1.82, 2.24) is 19.1 Å². The van der Waals surface area contributed by atoms with E-state index in [1.54, 1.807) is 0 Å². The average molecular weight is 991 g/mol. The molecule has 0 radical (unpaired) electrons. The third-order valence-corrected chi connectivity index (χ3v) is 17.2. The number of rotatable bonds is 4. The van der Waals surface area contributed by atoms with Crippen LogP contribution in [0.1, 0.15) is 0 Å². The highest BCUT2D eigenvalue weighted by molar-refractivity contribution is 6.37. The van der Waals surface area contributed by atoms with Gasteiger partial charge in [-0.3, -0.25) is 9.13 Å². The van der Waals surface area contributed by atoms with Gasteiger partial charge in [0, 0.05) is 83.7 Å². The third kappa shape index (κ3) is 5.16. The van der Waals surface area contributed by atoms with Crippen LogP contribution in [0.15, 0.2) is 239 Å². The molecule has 17 aromatic rings. The molecule has 0 saturated heterocycles. The molecule has 6 nitrogen and oxygen atoms in total. The zero-order valence-corrected chi connectivity index (χ0v) is 41.5. The number of nitrogens with zero attached hydrogens (tertiary/aromatic N) is 4. The zero-order valence-electron chi connectivity index (χ0n) is 41.5. The summed E-state index contributed by atoms with van der Waals surface area (Å²) in [4.78, 5) is 10.8. The molecule has 0 fully saturated rings. The maximum atomic E-state index is 6.85. The number of furan rings is 2. The molecule has 11 aromatic carbocycles. The minimum absolute atomic E-state index is 0.844. The van der Waals surface area contributed by atoms with E-state index in [2.05, 4.69) is 234 Å². The first-order valence-corrected chi connectivity index (χ1v) is 26.6. The van der Waals surface area contributed by atoms with E-state index in [4.69, 9.17) is 18.8 Å². The third-order valence-electron chi connectivity index (χ3n) is 17.2. The summed E-state index contributed by atoms with van der Waals surface area (Å²) in [6, 6.07) is 81.1. The quantitative estimate of drug-likeness (QED) is 0.176. The molecule has 0 atom stereocenters. The average Bonchev–Trinajstić information content (AvgIpc) is 3.86. The molecule has 6 aromatic heterocycles. The number of hydrogen-bond acceptors (Lipinski definition) is 4. The molecular weight excluding hydrogens is 953 g/mol. The van der Waals surface area contributed by atoms with Crippen LogP contribution < -0.4 is 0 Å². The summed E-state index contributed by atoms with van der Waals surface area (Å²) in [7, 11) is 0. The fourth-order valence-corrected chi connectivity index (χ4v) is 14.1. The van der Waals surface area contributed by atoms with E-state index in [9.17, 15) is 0 Å². The minimum atomic E-state index is 0.844. The lowest BCUT2D eigenvalue weighted by Crippen LogP contribution is -1.99. The van der Waals surface area contributed by atoms with Gasteiger partial charge in [-0.1, -0.05) is 158 Å². The van der Waals surface area contributed by atoms with Crippen LogP contribution in [0.3, 0.4) is 0 Å². The van der Waals surface area contributed by atoms with E-state index < -0.39 is 0 Å². The Morgan fingerprint density at radius 3 is 1.50 bits per heavy atom. The second-order valence-corrected chi connectivity index (χ2v) is 21.1. The molecule has 0 N–H and O–H groups in total. The fraction of sp³-hybridized carbons (Fsp3) is 0. The summed E-state index contributed by atoms with van der Waals surface area (Å²) in [5.41, 5.74) is 21.5. The van der Waals surface area contributed by atoms with Crippen LogP contribution in [0, 0.1) is 0 Å². The predicted octanol–water partition coefficient (Wildman–Crippen LogP) is 19.4. The van der Waals surface area contributed by atoms with Gasteiger partial charge in [-0.15, -0.1) is 0 Å². The smallest absolute Gasteiger partial charge is 0.138 e. The topological polar surface area (TPSA) is 61.9 Å². The van der Waals surface area contributed by atoms with E-state index >= 15 is 0 Å². The lowest BCUT2D eigenvalue weighted by Gasteiger charge is -2.16. The molecule has 0 unspecified atom stereocenters. The van der Waals surface area contributed by atoms with Gasteiger partial charge in [0.25, 0.3) is 0 Å². The van der Waals surface area contributed by atoms with E-state index in [0.717, 1.165) is 106 Å². The van der Waals surface area contributed by atoms with Gasteiger partial charge in [-0.05, 0) is 115 Å². The van der Waals surface area contributed by atoms with Crippen molar-refractivity contribution in [3.05, 3.63) is 231 Å². The molecule has 2 aliphatic carbocycles. The molecule has 6 heteroatoms. The molecule has 2 aliphatic rings. The Hall–Kier alpha value is -10.6. The van der Waals surface area contributed by atoms with Crippen LogP contribution in [-0.4, -0.2) is 19.1 Å². The second-order valence-electron chi connectivity index (χ2n) is 21.1. The number of pyridine rings is 2. The monoisotopic (exact) mass is 990 g/mol. The van der Waals surface area contributed by atoms with Crippen LogP contribution in [0.4, 0.5) is 0 Å². The number of hydrogen-bond donors (Lipinski definition) is 0. The molecule has 0 bridgehead atoms. The summed E-state index contributed by atoms with van der Waals surface area (Å²) >= 11 is 0. The molecule has 78 heavy (non-hydrogen) atoms. The molecular formula is C72H38N4O2. The maximum Gasteiger partial charge on any atom is 0.138 e. The second kappa shape index (κ2) is 14.6. The highest BCUT2D eigenvalue weighted by Gasteiger charge is 2.31. The van der Waals surface area contributed by atoms with E-state index in [1.165, 1.54) is 82.0 Å². The Kier molecular flexibility index (Phi) is 7.65. The van der Waals surface area contributed by atoms with Crippen molar-refractivity contribution in [2.24, 2.45) is 0 Å². The number of aromatic nitrogens is 4. The van der Waals surface area contributed by atoms with Crippen LogP contribution in [0.25, 0.3) is 188 Å². The van der Waals surface area contributed by atoms with Gasteiger partial charge >= 0.3 is 0 Å². The maximum absolute atomic E-state index is 6.85. The number of benzene rings is 11. The highest BCUT2D eigenvalue weighted by atomic mass is 16.3. The van der Waals surface area contributed by atoms with Crippen molar-refractivity contribution >= 4 is 109 Å². The summed E-state index contributed by atoms with van der Waals surface area (Å²) in [6.45, 7) is 0. The standard InChI is InChI=1S/C72H38N4O2/c1-2-13-39(14-3-1)52-23-12-26-62(74-52)76-54-33-29-41-16-11-22-47-51-35-42(27-31-48(51)68-66-50-20-7-9-25-58(50)78-60(66)37-56(76)72(68)70(54)64(41)47)43-30-34-61(73-38-43)75-53-32-28-40-15-10-21-45-44-17-4-5-18-46(44)67-65-49-19-6-8-24-57(49)77-59(65)36-55(75)71(67)69(53)63(40)45/h1-38H. The Morgan fingerprint density at radius 2 is 0.846 bits per heavy atom. The van der Waals surface area contributed by atoms with E-state index in [0.29, 0.717) is 0 Å². The first kappa shape index (κ1) is 40.8. The zero-order chi connectivity index (χ0) is 50.5. The normalized spacial score (nSPS) is 12.6. The Bertz CT molecular complexity index is 5560. The van der Waals surface area contributed by atoms with Gasteiger partial charge in [-0.2, -0.15) is 0 Å². The first-order chi connectivity index (χ1) is 38.7. The predicted molar refractivity (Wildman–Crippen MR) is 320 cm³/mol. The molecule has 6 heterocycles. The molecule has 19 rings (SSSR count). The Morgan fingerprint density at radius 1 is 0.295 bits per heavy atom. The Balaban J connectivity index is 0.841. The Labute approximate surface area is 443 Å². The molecule has 358 valence electrons. The summed E-state index contributed by atoms with van der Waals surface area (Å²) in [5, 5.41) is 14.2. The molecule has 0 aliphatic heterocycles. The van der Waals surface area contributed by atoms with Crippen molar-refractivity contribution in [3.63, 3.8) is 0 Å². The van der Waals surface area contributed by atoms with Crippen LogP contribution in [-0.2, 0) is 0 Å². The van der Waals surface area contributed by atoms with Crippen molar-refractivity contribution in [2.45, 2.75) is 0 Å². The van der Waals surface area contributed by atoms with Gasteiger partial charge in [0.1, 0.15) is 34.0 Å². The lowest BCUT2D eigenvalue weighted by atomic mass is 9.89. The van der Waals surface area contributed by atoms with Crippen LogP contribution in [0.5, 0.6) is 0 Å². The molecule has 0 amide bonds. The summed E-state index contributed by atoms with van der Waals surface area (Å²) < 4.78 is 18.3. The molecule has 0 spiro atoms. The lowest BCUT2D eigenvalue weighted by molar-refractivity contribution is 0.669. The van der Waals surface area contributed by atoms with E-state index in [1.807, 2.05) is 6.07 Å². The van der Waals surface area contributed by atoms with E-state index in [-0.39, 0.29) is 0 Å². The number of fused-ring (bicyclic) bond motifs is 14. The SMILES string of the molecule is c1ccc(-c2cccc(-n3c4cc5oc6ccccc6c5c5c4c4c6c(cccc6ccc43)-c3cc(-c4ccc(-n6c7cc8oc9ccccc9c8c8c7c7c9c(cccc9ccc76)-c6ccccc6-8)nc4)ccc3-5)n2)cc1. The van der Waals surface area contributed by atoms with Crippen molar-refractivity contribution in [1.29, 1.82) is 0 Å². The van der Waals surface area contributed by atoms with Gasteiger partial charge < -0.3 is 8.83 Å². The first-order valence-electron chi connectivity index (χ1n) is 26.6. The molecule has 0 saturated carbocycles.